The van der Waals surface area contributed by atoms with Gasteiger partial charge >= 0.3 is 0 Å². The number of aryl methyl sites for hydroxylation is 1. The Labute approximate surface area is 111 Å². The number of hydrogen-bond acceptors (Lipinski definition) is 2. The van der Waals surface area contributed by atoms with Gasteiger partial charge in [0.05, 0.1) is 6.20 Å². The van der Waals surface area contributed by atoms with Crippen LogP contribution < -0.4 is 5.32 Å². The average molecular weight is 249 g/mol. The second-order valence-corrected chi connectivity index (χ2v) is 5.68. The smallest absolute Gasteiger partial charge is 0.0524 e. The summed E-state index contributed by atoms with van der Waals surface area (Å²) in [6.07, 6.45) is 9.25. The van der Waals surface area contributed by atoms with E-state index in [4.69, 9.17) is 0 Å². The van der Waals surface area contributed by atoms with Gasteiger partial charge in [0.1, 0.15) is 0 Å². The molecule has 18 heavy (non-hydrogen) atoms. The lowest BCUT2D eigenvalue weighted by molar-refractivity contribution is 0.0201. The molecule has 1 fully saturated rings. The maximum Gasteiger partial charge on any atom is 0.0524 e. The molecule has 0 saturated heterocycles. The van der Waals surface area contributed by atoms with Gasteiger partial charge in [-0.2, -0.15) is 5.10 Å². The van der Waals surface area contributed by atoms with Gasteiger partial charge in [0.15, 0.2) is 0 Å². The number of hydrogen-bond donors (Lipinski definition) is 1. The molecule has 1 aromatic heterocycles. The SMILES string of the molecule is CCCNC1CC(c2cnn(C)c2)C1(CC)CC. The van der Waals surface area contributed by atoms with Crippen molar-refractivity contribution >= 4 is 0 Å². The second-order valence-electron chi connectivity index (χ2n) is 5.68. The van der Waals surface area contributed by atoms with Gasteiger partial charge in [0.2, 0.25) is 0 Å². The minimum atomic E-state index is 0.443. The number of aromatic nitrogens is 2. The molecule has 1 N–H and O–H groups in total. The molecule has 1 heterocycles. The van der Waals surface area contributed by atoms with Gasteiger partial charge in [0.25, 0.3) is 0 Å². The summed E-state index contributed by atoms with van der Waals surface area (Å²) in [5.41, 5.74) is 1.87. The maximum absolute atomic E-state index is 4.34. The van der Waals surface area contributed by atoms with Crippen LogP contribution in [-0.2, 0) is 7.05 Å². The lowest BCUT2D eigenvalue weighted by Gasteiger charge is -2.56. The molecular formula is C15H27N3. The van der Waals surface area contributed by atoms with Crippen molar-refractivity contribution in [2.24, 2.45) is 12.5 Å². The summed E-state index contributed by atoms with van der Waals surface area (Å²) < 4.78 is 1.93. The first-order valence-electron chi connectivity index (χ1n) is 7.39. The van der Waals surface area contributed by atoms with Crippen molar-refractivity contribution in [2.75, 3.05) is 6.54 Å². The zero-order valence-corrected chi connectivity index (χ0v) is 12.2. The summed E-state index contributed by atoms with van der Waals surface area (Å²) >= 11 is 0. The quantitative estimate of drug-likeness (QED) is 0.839. The molecule has 3 heteroatoms. The molecule has 0 aromatic carbocycles. The molecule has 0 radical (unpaired) electrons. The zero-order valence-electron chi connectivity index (χ0n) is 12.2. The van der Waals surface area contributed by atoms with Crippen LogP contribution in [0.25, 0.3) is 0 Å². The van der Waals surface area contributed by atoms with Crippen LogP contribution in [0.2, 0.25) is 0 Å². The zero-order chi connectivity index (χ0) is 13.2. The van der Waals surface area contributed by atoms with Crippen molar-refractivity contribution in [3.05, 3.63) is 18.0 Å². The lowest BCUT2D eigenvalue weighted by atomic mass is 9.52. The highest BCUT2D eigenvalue weighted by Crippen LogP contribution is 2.57. The van der Waals surface area contributed by atoms with Gasteiger partial charge in [0, 0.05) is 19.3 Å². The van der Waals surface area contributed by atoms with Crippen molar-refractivity contribution in [3.8, 4) is 0 Å². The molecule has 3 nitrogen and oxygen atoms in total. The summed E-state index contributed by atoms with van der Waals surface area (Å²) in [6, 6.07) is 0.692. The molecule has 1 aliphatic carbocycles. The topological polar surface area (TPSA) is 29.9 Å². The van der Waals surface area contributed by atoms with Gasteiger partial charge in [-0.3, -0.25) is 4.68 Å². The standard InChI is InChI=1S/C15H27N3/c1-5-8-16-14-9-13(15(14,6-2)7-3)12-10-17-18(4)11-12/h10-11,13-14,16H,5-9H2,1-4H3. The Balaban J connectivity index is 2.13. The molecule has 2 unspecified atom stereocenters. The summed E-state index contributed by atoms with van der Waals surface area (Å²) in [5, 5.41) is 8.08. The number of nitrogens with one attached hydrogen (secondary N) is 1. The van der Waals surface area contributed by atoms with Crippen LogP contribution in [0.15, 0.2) is 12.4 Å². The highest BCUT2D eigenvalue weighted by Gasteiger charge is 2.52. The van der Waals surface area contributed by atoms with Crippen molar-refractivity contribution in [1.82, 2.24) is 15.1 Å². The largest absolute Gasteiger partial charge is 0.313 e. The van der Waals surface area contributed by atoms with Crippen molar-refractivity contribution in [2.45, 2.75) is 58.4 Å². The Bertz CT molecular complexity index is 379. The summed E-state index contributed by atoms with van der Waals surface area (Å²) in [6.45, 7) is 8.06. The van der Waals surface area contributed by atoms with E-state index in [2.05, 4.69) is 43.6 Å². The molecule has 1 saturated carbocycles. The molecule has 0 amide bonds. The van der Waals surface area contributed by atoms with E-state index in [0.29, 0.717) is 17.4 Å². The Kier molecular flexibility index (Phi) is 4.10. The minimum absolute atomic E-state index is 0.443. The van der Waals surface area contributed by atoms with E-state index < -0.39 is 0 Å². The van der Waals surface area contributed by atoms with Gasteiger partial charge in [-0.1, -0.05) is 20.8 Å². The Morgan fingerprint density at radius 3 is 2.61 bits per heavy atom. The third-order valence-electron chi connectivity index (χ3n) is 4.94. The molecule has 2 atom stereocenters. The predicted octanol–water partition coefficient (Wildman–Crippen LogP) is 3.08. The molecule has 1 aromatic rings. The van der Waals surface area contributed by atoms with Gasteiger partial charge in [-0.05, 0) is 49.1 Å². The Morgan fingerprint density at radius 1 is 1.39 bits per heavy atom. The molecule has 1 aliphatic rings. The van der Waals surface area contributed by atoms with Crippen LogP contribution in [0.4, 0.5) is 0 Å². The van der Waals surface area contributed by atoms with E-state index >= 15 is 0 Å². The molecule has 102 valence electrons. The highest BCUT2D eigenvalue weighted by atomic mass is 15.2. The van der Waals surface area contributed by atoms with Crippen LogP contribution in [0.3, 0.4) is 0 Å². The fourth-order valence-electron chi connectivity index (χ4n) is 3.72. The fourth-order valence-corrected chi connectivity index (χ4v) is 3.72. The summed E-state index contributed by atoms with van der Waals surface area (Å²) in [5.74, 6) is 0.690. The average Bonchev–Trinajstić information content (AvgIpc) is 2.76. The van der Waals surface area contributed by atoms with Crippen molar-refractivity contribution < 1.29 is 0 Å². The molecular weight excluding hydrogens is 222 g/mol. The normalized spacial score (nSPS) is 26.0. The van der Waals surface area contributed by atoms with Crippen LogP contribution >= 0.6 is 0 Å². The first-order chi connectivity index (χ1) is 8.67. The summed E-state index contributed by atoms with van der Waals surface area (Å²) in [4.78, 5) is 0. The van der Waals surface area contributed by atoms with Crippen LogP contribution in [0, 0.1) is 5.41 Å². The first kappa shape index (κ1) is 13.6. The third-order valence-corrected chi connectivity index (χ3v) is 4.94. The fraction of sp³-hybridized carbons (Fsp3) is 0.800. The monoisotopic (exact) mass is 249 g/mol. The highest BCUT2D eigenvalue weighted by molar-refractivity contribution is 5.24. The van der Waals surface area contributed by atoms with E-state index in [1.54, 1.807) is 0 Å². The van der Waals surface area contributed by atoms with Gasteiger partial charge in [-0.15, -0.1) is 0 Å². The number of nitrogens with zero attached hydrogens (tertiary/aromatic N) is 2. The summed E-state index contributed by atoms with van der Waals surface area (Å²) in [7, 11) is 2.01. The van der Waals surface area contributed by atoms with Crippen LogP contribution in [0.5, 0.6) is 0 Å². The Hall–Kier alpha value is -0.830. The lowest BCUT2D eigenvalue weighted by Crippen LogP contribution is -2.58. The number of rotatable bonds is 6. The van der Waals surface area contributed by atoms with Gasteiger partial charge in [-0.25, -0.2) is 0 Å². The van der Waals surface area contributed by atoms with Crippen LogP contribution in [0.1, 0.15) is 57.9 Å². The van der Waals surface area contributed by atoms with Crippen LogP contribution in [-0.4, -0.2) is 22.4 Å². The predicted molar refractivity (Wildman–Crippen MR) is 75.7 cm³/mol. The van der Waals surface area contributed by atoms with E-state index in [0.717, 1.165) is 6.54 Å². The van der Waals surface area contributed by atoms with E-state index in [9.17, 15) is 0 Å². The maximum atomic E-state index is 4.34. The third kappa shape index (κ3) is 2.09. The van der Waals surface area contributed by atoms with E-state index in [1.165, 1.54) is 31.2 Å². The molecule has 0 bridgehead atoms. The van der Waals surface area contributed by atoms with Gasteiger partial charge < -0.3 is 5.32 Å². The first-order valence-corrected chi connectivity index (χ1v) is 7.39. The Morgan fingerprint density at radius 2 is 2.11 bits per heavy atom. The van der Waals surface area contributed by atoms with E-state index in [-0.39, 0.29) is 0 Å². The van der Waals surface area contributed by atoms with E-state index in [1.807, 2.05) is 11.7 Å². The minimum Gasteiger partial charge on any atom is -0.313 e. The second kappa shape index (κ2) is 5.43. The molecule has 0 spiro atoms. The molecule has 0 aliphatic heterocycles. The molecule has 2 rings (SSSR count). The van der Waals surface area contributed by atoms with Crippen molar-refractivity contribution in [1.29, 1.82) is 0 Å². The van der Waals surface area contributed by atoms with Crippen molar-refractivity contribution in [3.63, 3.8) is 0 Å².